The van der Waals surface area contributed by atoms with Crippen molar-refractivity contribution < 1.29 is 14.2 Å². The summed E-state index contributed by atoms with van der Waals surface area (Å²) in [6, 6.07) is 0.523. The van der Waals surface area contributed by atoms with Crippen LogP contribution in [0.1, 0.15) is 19.3 Å². The van der Waals surface area contributed by atoms with E-state index >= 15 is 0 Å². The average Bonchev–Trinajstić information content (AvgIpc) is 2.29. The Bertz CT molecular complexity index is 135. The Morgan fingerprint density at radius 2 is 2.14 bits per heavy atom. The van der Waals surface area contributed by atoms with Crippen molar-refractivity contribution in [3.63, 3.8) is 0 Å². The van der Waals surface area contributed by atoms with Gasteiger partial charge in [-0.15, -0.1) is 0 Å². The van der Waals surface area contributed by atoms with E-state index in [1.807, 2.05) is 0 Å². The lowest BCUT2D eigenvalue weighted by molar-refractivity contribution is -0.138. The lowest BCUT2D eigenvalue weighted by Gasteiger charge is -2.27. The molecule has 2 heterocycles. The summed E-state index contributed by atoms with van der Waals surface area (Å²) in [5.41, 5.74) is 0. The first-order valence-electron chi connectivity index (χ1n) is 5.45. The molecule has 14 heavy (non-hydrogen) atoms. The third-order valence-electron chi connectivity index (χ3n) is 2.77. The minimum absolute atomic E-state index is 0.325. The highest BCUT2D eigenvalue weighted by atomic mass is 16.7. The lowest BCUT2D eigenvalue weighted by Crippen LogP contribution is -2.42. The van der Waals surface area contributed by atoms with Gasteiger partial charge in [0.1, 0.15) is 6.79 Å². The third kappa shape index (κ3) is 3.20. The molecule has 2 rings (SSSR count). The van der Waals surface area contributed by atoms with E-state index < -0.39 is 0 Å². The van der Waals surface area contributed by atoms with Crippen molar-refractivity contribution in [3.05, 3.63) is 0 Å². The van der Waals surface area contributed by atoms with Gasteiger partial charge in [0, 0.05) is 19.2 Å². The minimum atomic E-state index is 0.325. The van der Waals surface area contributed by atoms with Crippen molar-refractivity contribution in [3.8, 4) is 0 Å². The Balaban J connectivity index is 1.60. The van der Waals surface area contributed by atoms with Crippen LogP contribution in [0.15, 0.2) is 0 Å². The summed E-state index contributed by atoms with van der Waals surface area (Å²) >= 11 is 0. The Morgan fingerprint density at radius 1 is 1.14 bits per heavy atom. The van der Waals surface area contributed by atoms with Gasteiger partial charge < -0.3 is 19.5 Å². The van der Waals surface area contributed by atoms with Gasteiger partial charge in [-0.05, 0) is 19.3 Å². The van der Waals surface area contributed by atoms with E-state index in [0.717, 1.165) is 32.8 Å². The summed E-state index contributed by atoms with van der Waals surface area (Å²) in [6.45, 7) is 3.98. The summed E-state index contributed by atoms with van der Waals surface area (Å²) in [7, 11) is 0. The Morgan fingerprint density at radius 3 is 2.86 bits per heavy atom. The summed E-state index contributed by atoms with van der Waals surface area (Å²) < 4.78 is 16.0. The molecule has 0 bridgehead atoms. The second-order valence-corrected chi connectivity index (χ2v) is 3.93. The Kier molecular flexibility index (Phi) is 4.19. The number of rotatable bonds is 3. The molecule has 0 spiro atoms. The van der Waals surface area contributed by atoms with Crippen LogP contribution in [0.25, 0.3) is 0 Å². The standard InChI is InChI=1S/C10H19NO3/c1-2-9(7-12-4-1)11-6-10-3-5-13-8-14-10/h9-11H,1-8H2. The van der Waals surface area contributed by atoms with Crippen molar-refractivity contribution in [2.45, 2.75) is 31.4 Å². The fourth-order valence-corrected chi connectivity index (χ4v) is 1.86. The van der Waals surface area contributed by atoms with E-state index in [9.17, 15) is 0 Å². The maximum Gasteiger partial charge on any atom is 0.147 e. The van der Waals surface area contributed by atoms with Crippen LogP contribution in [0.4, 0.5) is 0 Å². The van der Waals surface area contributed by atoms with Gasteiger partial charge in [-0.1, -0.05) is 0 Å². The SMILES string of the molecule is C1COCC(NCC2CCOCO2)C1. The van der Waals surface area contributed by atoms with E-state index in [0.29, 0.717) is 18.9 Å². The molecule has 2 saturated heterocycles. The molecule has 0 aromatic rings. The van der Waals surface area contributed by atoms with Gasteiger partial charge in [-0.25, -0.2) is 0 Å². The molecule has 2 fully saturated rings. The van der Waals surface area contributed by atoms with Crippen molar-refractivity contribution in [2.24, 2.45) is 0 Å². The predicted molar refractivity (Wildman–Crippen MR) is 52.2 cm³/mol. The van der Waals surface area contributed by atoms with E-state index in [2.05, 4.69) is 5.32 Å². The normalized spacial score (nSPS) is 34.3. The quantitative estimate of drug-likeness (QED) is 0.722. The summed E-state index contributed by atoms with van der Waals surface area (Å²) in [5.74, 6) is 0. The van der Waals surface area contributed by atoms with Gasteiger partial charge in [-0.3, -0.25) is 0 Å². The summed E-state index contributed by atoms with van der Waals surface area (Å²) in [6.07, 6.45) is 3.72. The Labute approximate surface area is 84.9 Å². The summed E-state index contributed by atoms with van der Waals surface area (Å²) in [5, 5.41) is 3.49. The van der Waals surface area contributed by atoms with Gasteiger partial charge >= 0.3 is 0 Å². The zero-order chi connectivity index (χ0) is 9.64. The van der Waals surface area contributed by atoms with Gasteiger partial charge in [0.15, 0.2) is 0 Å². The molecule has 2 atom stereocenters. The molecule has 4 heteroatoms. The molecule has 2 aliphatic heterocycles. The number of nitrogens with one attached hydrogen (secondary N) is 1. The van der Waals surface area contributed by atoms with Crippen LogP contribution < -0.4 is 5.32 Å². The van der Waals surface area contributed by atoms with Crippen molar-refractivity contribution in [2.75, 3.05) is 33.2 Å². The molecule has 0 aromatic heterocycles. The smallest absolute Gasteiger partial charge is 0.147 e. The van der Waals surface area contributed by atoms with Crippen molar-refractivity contribution in [1.82, 2.24) is 5.32 Å². The topological polar surface area (TPSA) is 39.7 Å². The molecule has 82 valence electrons. The van der Waals surface area contributed by atoms with Crippen LogP contribution in [0.5, 0.6) is 0 Å². The van der Waals surface area contributed by atoms with Gasteiger partial charge in [-0.2, -0.15) is 0 Å². The van der Waals surface area contributed by atoms with E-state index in [-0.39, 0.29) is 0 Å². The van der Waals surface area contributed by atoms with Gasteiger partial charge in [0.2, 0.25) is 0 Å². The second-order valence-electron chi connectivity index (χ2n) is 3.93. The fourth-order valence-electron chi connectivity index (χ4n) is 1.86. The zero-order valence-electron chi connectivity index (χ0n) is 8.54. The number of ether oxygens (including phenoxy) is 3. The molecule has 0 aromatic carbocycles. The average molecular weight is 201 g/mol. The molecule has 4 nitrogen and oxygen atoms in total. The maximum absolute atomic E-state index is 5.44. The molecule has 2 aliphatic rings. The van der Waals surface area contributed by atoms with Gasteiger partial charge in [0.25, 0.3) is 0 Å². The monoisotopic (exact) mass is 201 g/mol. The zero-order valence-corrected chi connectivity index (χ0v) is 8.54. The highest BCUT2D eigenvalue weighted by molar-refractivity contribution is 4.73. The molecule has 0 radical (unpaired) electrons. The van der Waals surface area contributed by atoms with Crippen LogP contribution >= 0.6 is 0 Å². The summed E-state index contributed by atoms with van der Waals surface area (Å²) in [4.78, 5) is 0. The molecular weight excluding hydrogens is 182 g/mol. The molecule has 1 N–H and O–H groups in total. The molecule has 0 amide bonds. The van der Waals surface area contributed by atoms with Crippen LogP contribution in [-0.2, 0) is 14.2 Å². The van der Waals surface area contributed by atoms with Crippen molar-refractivity contribution in [1.29, 1.82) is 0 Å². The fraction of sp³-hybridized carbons (Fsp3) is 1.00. The molecule has 2 unspecified atom stereocenters. The van der Waals surface area contributed by atoms with Gasteiger partial charge in [0.05, 0.1) is 19.3 Å². The molecule has 0 aliphatic carbocycles. The first kappa shape index (κ1) is 10.4. The van der Waals surface area contributed by atoms with E-state index in [1.54, 1.807) is 0 Å². The minimum Gasteiger partial charge on any atom is -0.380 e. The lowest BCUT2D eigenvalue weighted by atomic mass is 10.1. The first-order chi connectivity index (χ1) is 6.95. The number of hydrogen-bond donors (Lipinski definition) is 1. The molecule has 0 saturated carbocycles. The van der Waals surface area contributed by atoms with Crippen LogP contribution in [0.3, 0.4) is 0 Å². The van der Waals surface area contributed by atoms with E-state index in [1.165, 1.54) is 12.8 Å². The van der Waals surface area contributed by atoms with Crippen LogP contribution in [0.2, 0.25) is 0 Å². The van der Waals surface area contributed by atoms with Crippen LogP contribution in [-0.4, -0.2) is 45.3 Å². The molecular formula is C10H19NO3. The maximum atomic E-state index is 5.44. The second kappa shape index (κ2) is 5.66. The first-order valence-corrected chi connectivity index (χ1v) is 5.45. The van der Waals surface area contributed by atoms with Crippen molar-refractivity contribution >= 4 is 0 Å². The highest BCUT2D eigenvalue weighted by Gasteiger charge is 2.17. The Hall–Kier alpha value is -0.160. The largest absolute Gasteiger partial charge is 0.380 e. The predicted octanol–water partition coefficient (Wildman–Crippen LogP) is 0.518. The third-order valence-corrected chi connectivity index (χ3v) is 2.77. The van der Waals surface area contributed by atoms with E-state index in [4.69, 9.17) is 14.2 Å². The highest BCUT2D eigenvalue weighted by Crippen LogP contribution is 2.08. The number of hydrogen-bond acceptors (Lipinski definition) is 4. The van der Waals surface area contributed by atoms with Crippen LogP contribution in [0, 0.1) is 0 Å².